The molecule has 6 nitrogen and oxygen atoms in total. The van der Waals surface area contributed by atoms with Crippen molar-refractivity contribution >= 4 is 15.9 Å². The lowest BCUT2D eigenvalue weighted by Crippen LogP contribution is -2.44. The van der Waals surface area contributed by atoms with E-state index in [0.717, 1.165) is 24.8 Å². The van der Waals surface area contributed by atoms with Crippen molar-refractivity contribution < 1.29 is 18.3 Å². The summed E-state index contributed by atoms with van der Waals surface area (Å²) in [4.78, 5) is 12.5. The van der Waals surface area contributed by atoms with Gasteiger partial charge >= 0.3 is 0 Å². The van der Waals surface area contributed by atoms with Gasteiger partial charge in [0.1, 0.15) is 0 Å². The molecule has 144 valence electrons. The van der Waals surface area contributed by atoms with E-state index in [-0.39, 0.29) is 18.4 Å². The zero-order valence-electron chi connectivity index (χ0n) is 15.3. The highest BCUT2D eigenvalue weighted by Crippen LogP contribution is 2.28. The van der Waals surface area contributed by atoms with E-state index >= 15 is 0 Å². The molecule has 1 saturated heterocycles. The zero-order valence-corrected chi connectivity index (χ0v) is 16.1. The van der Waals surface area contributed by atoms with Crippen LogP contribution in [0.4, 0.5) is 0 Å². The first-order chi connectivity index (χ1) is 12.4. The number of benzene rings is 1. The lowest BCUT2D eigenvalue weighted by Gasteiger charge is -2.31. The number of piperidine rings is 1. The SMILES string of the molecule is CC(O)CNC(=O)C1CCN(S(=O)(=O)c2ccc3c(c2)CCCC3)CC1. The number of nitrogens with zero attached hydrogens (tertiary/aromatic N) is 1. The summed E-state index contributed by atoms with van der Waals surface area (Å²) in [5, 5.41) is 12.0. The molecule has 1 unspecified atom stereocenters. The Hall–Kier alpha value is -1.44. The van der Waals surface area contributed by atoms with Crippen molar-refractivity contribution in [1.29, 1.82) is 0 Å². The lowest BCUT2D eigenvalue weighted by atomic mass is 9.92. The van der Waals surface area contributed by atoms with Gasteiger partial charge in [0, 0.05) is 25.6 Å². The molecule has 3 rings (SSSR count). The summed E-state index contributed by atoms with van der Waals surface area (Å²) in [5.41, 5.74) is 2.42. The number of aliphatic hydroxyl groups is 1. The number of rotatable bonds is 5. The Kier molecular flexibility index (Phi) is 5.99. The Balaban J connectivity index is 1.64. The molecule has 1 aromatic rings. The fourth-order valence-electron chi connectivity index (χ4n) is 3.77. The van der Waals surface area contributed by atoms with Crippen LogP contribution in [0.25, 0.3) is 0 Å². The molecule has 7 heteroatoms. The molecule has 0 radical (unpaired) electrons. The molecule has 0 bridgehead atoms. The molecule has 1 aromatic carbocycles. The highest BCUT2D eigenvalue weighted by molar-refractivity contribution is 7.89. The molecule has 0 saturated carbocycles. The third-order valence-corrected chi connectivity index (χ3v) is 7.25. The van der Waals surface area contributed by atoms with Crippen LogP contribution < -0.4 is 5.32 Å². The lowest BCUT2D eigenvalue weighted by molar-refractivity contribution is -0.126. The van der Waals surface area contributed by atoms with Gasteiger partial charge in [-0.3, -0.25) is 4.79 Å². The third-order valence-electron chi connectivity index (χ3n) is 5.35. The Morgan fingerprint density at radius 2 is 1.88 bits per heavy atom. The van der Waals surface area contributed by atoms with Gasteiger partial charge in [0.15, 0.2) is 0 Å². The molecule has 1 aliphatic heterocycles. The van der Waals surface area contributed by atoms with Crippen LogP contribution in [0.2, 0.25) is 0 Å². The number of aryl methyl sites for hydroxylation is 2. The van der Waals surface area contributed by atoms with Crippen molar-refractivity contribution in [3.05, 3.63) is 29.3 Å². The number of aliphatic hydroxyl groups excluding tert-OH is 1. The second-order valence-electron chi connectivity index (χ2n) is 7.41. The van der Waals surface area contributed by atoms with E-state index in [0.29, 0.717) is 30.8 Å². The van der Waals surface area contributed by atoms with Crippen LogP contribution >= 0.6 is 0 Å². The van der Waals surface area contributed by atoms with E-state index in [9.17, 15) is 18.3 Å². The van der Waals surface area contributed by atoms with Crippen molar-refractivity contribution in [2.45, 2.75) is 56.4 Å². The van der Waals surface area contributed by atoms with Crippen LogP contribution in [0.1, 0.15) is 43.7 Å². The maximum absolute atomic E-state index is 13.0. The smallest absolute Gasteiger partial charge is 0.243 e. The normalized spacial score (nSPS) is 20.4. The second-order valence-corrected chi connectivity index (χ2v) is 9.35. The summed E-state index contributed by atoms with van der Waals surface area (Å²) in [6.07, 6.45) is 4.70. The quantitative estimate of drug-likeness (QED) is 0.810. The van der Waals surface area contributed by atoms with Gasteiger partial charge in [-0.15, -0.1) is 0 Å². The van der Waals surface area contributed by atoms with E-state index in [1.54, 1.807) is 13.0 Å². The molecule has 0 aromatic heterocycles. The monoisotopic (exact) mass is 380 g/mol. The van der Waals surface area contributed by atoms with E-state index in [2.05, 4.69) is 5.32 Å². The standard InChI is InChI=1S/C19H28N2O4S/c1-14(22)13-20-19(23)16-8-10-21(11-9-16)26(24,25)18-7-6-15-4-2-3-5-17(15)12-18/h6-7,12,14,16,22H,2-5,8-11,13H2,1H3,(H,20,23). The van der Waals surface area contributed by atoms with Crippen molar-refractivity contribution in [1.82, 2.24) is 9.62 Å². The van der Waals surface area contributed by atoms with Gasteiger partial charge in [-0.2, -0.15) is 4.31 Å². The first kappa shape index (κ1) is 19.3. The van der Waals surface area contributed by atoms with Crippen LogP contribution in [0.5, 0.6) is 0 Å². The molecular weight excluding hydrogens is 352 g/mol. The summed E-state index contributed by atoms with van der Waals surface area (Å²) in [7, 11) is -3.51. The Labute approximate surface area is 155 Å². The highest BCUT2D eigenvalue weighted by atomic mass is 32.2. The van der Waals surface area contributed by atoms with Crippen molar-refractivity contribution in [3.8, 4) is 0 Å². The number of carbonyl (C=O) groups excluding carboxylic acids is 1. The van der Waals surface area contributed by atoms with Crippen LogP contribution in [-0.4, -0.2) is 49.5 Å². The van der Waals surface area contributed by atoms with Gasteiger partial charge < -0.3 is 10.4 Å². The minimum atomic E-state index is -3.51. The fraction of sp³-hybridized carbons (Fsp3) is 0.632. The predicted molar refractivity (Wildman–Crippen MR) is 99.3 cm³/mol. The van der Waals surface area contributed by atoms with Gasteiger partial charge in [-0.05, 0) is 68.7 Å². The molecule has 1 fully saturated rings. The number of sulfonamides is 1. The van der Waals surface area contributed by atoms with Gasteiger partial charge in [0.05, 0.1) is 11.0 Å². The summed E-state index contributed by atoms with van der Waals surface area (Å²) < 4.78 is 27.4. The number of hydrogen-bond donors (Lipinski definition) is 2. The Morgan fingerprint density at radius 1 is 1.23 bits per heavy atom. The molecule has 1 atom stereocenters. The Bertz CT molecular complexity index is 753. The summed E-state index contributed by atoms with van der Waals surface area (Å²) >= 11 is 0. The molecular formula is C19H28N2O4S. The number of fused-ring (bicyclic) bond motifs is 1. The van der Waals surface area contributed by atoms with E-state index in [4.69, 9.17) is 0 Å². The Morgan fingerprint density at radius 3 is 2.54 bits per heavy atom. The van der Waals surface area contributed by atoms with Crippen molar-refractivity contribution in [2.75, 3.05) is 19.6 Å². The number of nitrogens with one attached hydrogen (secondary N) is 1. The maximum Gasteiger partial charge on any atom is 0.243 e. The summed E-state index contributed by atoms with van der Waals surface area (Å²) in [6, 6.07) is 5.52. The second kappa shape index (κ2) is 8.06. The average molecular weight is 381 g/mol. The molecule has 1 amide bonds. The van der Waals surface area contributed by atoms with E-state index < -0.39 is 16.1 Å². The third kappa shape index (κ3) is 4.27. The average Bonchev–Trinajstić information content (AvgIpc) is 2.65. The van der Waals surface area contributed by atoms with Gasteiger partial charge in [-0.25, -0.2) is 8.42 Å². The number of carbonyl (C=O) groups is 1. The number of hydrogen-bond acceptors (Lipinski definition) is 4. The van der Waals surface area contributed by atoms with Crippen LogP contribution in [-0.2, 0) is 27.7 Å². The van der Waals surface area contributed by atoms with Crippen LogP contribution in [0.3, 0.4) is 0 Å². The highest BCUT2D eigenvalue weighted by Gasteiger charge is 2.32. The predicted octanol–water partition coefficient (Wildman–Crippen LogP) is 1.46. The van der Waals surface area contributed by atoms with Crippen LogP contribution in [0.15, 0.2) is 23.1 Å². The molecule has 26 heavy (non-hydrogen) atoms. The van der Waals surface area contributed by atoms with Crippen molar-refractivity contribution in [3.63, 3.8) is 0 Å². The molecule has 1 heterocycles. The van der Waals surface area contributed by atoms with Gasteiger partial charge in [-0.1, -0.05) is 6.07 Å². The van der Waals surface area contributed by atoms with E-state index in [1.807, 2.05) is 12.1 Å². The molecule has 0 spiro atoms. The molecule has 2 aliphatic rings. The number of amides is 1. The largest absolute Gasteiger partial charge is 0.392 e. The van der Waals surface area contributed by atoms with Crippen molar-refractivity contribution in [2.24, 2.45) is 5.92 Å². The van der Waals surface area contributed by atoms with E-state index in [1.165, 1.54) is 16.3 Å². The topological polar surface area (TPSA) is 86.7 Å². The van der Waals surface area contributed by atoms with Gasteiger partial charge in [0.25, 0.3) is 0 Å². The minimum Gasteiger partial charge on any atom is -0.392 e. The van der Waals surface area contributed by atoms with Crippen LogP contribution in [0, 0.1) is 5.92 Å². The zero-order chi connectivity index (χ0) is 18.7. The molecule has 1 aliphatic carbocycles. The minimum absolute atomic E-state index is 0.100. The molecule has 2 N–H and O–H groups in total. The fourth-order valence-corrected chi connectivity index (χ4v) is 5.29. The van der Waals surface area contributed by atoms with Gasteiger partial charge in [0.2, 0.25) is 15.9 Å². The maximum atomic E-state index is 13.0. The summed E-state index contributed by atoms with van der Waals surface area (Å²) in [6.45, 7) is 2.55. The summed E-state index contributed by atoms with van der Waals surface area (Å²) in [5.74, 6) is -0.291. The first-order valence-electron chi connectivity index (χ1n) is 9.45. The first-order valence-corrected chi connectivity index (χ1v) is 10.9.